The van der Waals surface area contributed by atoms with Gasteiger partial charge in [0, 0.05) is 29.1 Å². The van der Waals surface area contributed by atoms with Gasteiger partial charge >= 0.3 is 5.97 Å². The highest BCUT2D eigenvalue weighted by Gasteiger charge is 2.19. The molecule has 27 heavy (non-hydrogen) atoms. The molecule has 0 aliphatic carbocycles. The Bertz CT molecular complexity index is 1010. The zero-order valence-electron chi connectivity index (χ0n) is 14.9. The van der Waals surface area contributed by atoms with Crippen LogP contribution in [-0.4, -0.2) is 28.7 Å². The quantitative estimate of drug-likeness (QED) is 0.693. The SMILES string of the molecule is COC(c1ccc(S(C)=O)cc1)c1cc(CC(=O)O)cc2ccc(F)cc12. The Morgan fingerprint density at radius 1 is 1.15 bits per heavy atom. The van der Waals surface area contributed by atoms with Gasteiger partial charge in [-0.25, -0.2) is 4.39 Å². The van der Waals surface area contributed by atoms with Crippen LogP contribution in [-0.2, 0) is 26.8 Å². The largest absolute Gasteiger partial charge is 0.481 e. The average Bonchev–Trinajstić information content (AvgIpc) is 2.62. The number of hydrogen-bond donors (Lipinski definition) is 1. The first-order chi connectivity index (χ1) is 12.9. The second-order valence-corrected chi connectivity index (χ2v) is 7.64. The molecule has 3 aromatic rings. The van der Waals surface area contributed by atoms with Crippen LogP contribution >= 0.6 is 0 Å². The fourth-order valence-electron chi connectivity index (χ4n) is 3.19. The molecule has 0 saturated heterocycles. The number of rotatable bonds is 6. The number of fused-ring (bicyclic) bond motifs is 1. The maximum atomic E-state index is 13.9. The van der Waals surface area contributed by atoms with Gasteiger partial charge in [-0.15, -0.1) is 0 Å². The average molecular weight is 386 g/mol. The Morgan fingerprint density at radius 2 is 1.85 bits per heavy atom. The van der Waals surface area contributed by atoms with Gasteiger partial charge in [0.25, 0.3) is 0 Å². The lowest BCUT2D eigenvalue weighted by molar-refractivity contribution is -0.136. The van der Waals surface area contributed by atoms with Gasteiger partial charge in [0.05, 0.1) is 6.42 Å². The highest BCUT2D eigenvalue weighted by molar-refractivity contribution is 7.84. The van der Waals surface area contributed by atoms with Crippen molar-refractivity contribution in [2.45, 2.75) is 17.4 Å². The highest BCUT2D eigenvalue weighted by Crippen LogP contribution is 2.33. The van der Waals surface area contributed by atoms with Crippen molar-refractivity contribution in [1.29, 1.82) is 0 Å². The highest BCUT2D eigenvalue weighted by atomic mass is 32.2. The van der Waals surface area contributed by atoms with Gasteiger partial charge in [-0.3, -0.25) is 9.00 Å². The van der Waals surface area contributed by atoms with Gasteiger partial charge in [0.1, 0.15) is 11.9 Å². The first kappa shape index (κ1) is 19.2. The van der Waals surface area contributed by atoms with Crippen LogP contribution < -0.4 is 0 Å². The lowest BCUT2D eigenvalue weighted by atomic mass is 9.92. The van der Waals surface area contributed by atoms with E-state index in [1.54, 1.807) is 43.7 Å². The van der Waals surface area contributed by atoms with E-state index in [1.807, 2.05) is 12.1 Å². The smallest absolute Gasteiger partial charge is 0.307 e. The van der Waals surface area contributed by atoms with E-state index in [4.69, 9.17) is 9.84 Å². The minimum atomic E-state index is -1.09. The van der Waals surface area contributed by atoms with E-state index in [9.17, 15) is 13.4 Å². The maximum absolute atomic E-state index is 13.9. The molecule has 0 aliphatic heterocycles. The topological polar surface area (TPSA) is 63.6 Å². The molecule has 2 unspecified atom stereocenters. The van der Waals surface area contributed by atoms with Gasteiger partial charge in [0.15, 0.2) is 0 Å². The Balaban J connectivity index is 2.17. The van der Waals surface area contributed by atoms with E-state index in [1.165, 1.54) is 12.1 Å². The molecule has 0 aromatic heterocycles. The second-order valence-electron chi connectivity index (χ2n) is 6.26. The number of benzene rings is 3. The van der Waals surface area contributed by atoms with Crippen LogP contribution in [0.15, 0.2) is 59.5 Å². The van der Waals surface area contributed by atoms with E-state index in [-0.39, 0.29) is 12.2 Å². The Labute approximate surface area is 159 Å². The molecule has 0 radical (unpaired) electrons. The fourth-order valence-corrected chi connectivity index (χ4v) is 3.71. The van der Waals surface area contributed by atoms with Crippen LogP contribution in [0.5, 0.6) is 0 Å². The zero-order chi connectivity index (χ0) is 19.6. The summed E-state index contributed by atoms with van der Waals surface area (Å²) in [6.45, 7) is 0. The van der Waals surface area contributed by atoms with Crippen molar-refractivity contribution in [2.75, 3.05) is 13.4 Å². The molecule has 3 rings (SSSR count). The van der Waals surface area contributed by atoms with E-state index >= 15 is 0 Å². The molecule has 4 nitrogen and oxygen atoms in total. The third-order valence-electron chi connectivity index (χ3n) is 4.40. The number of carbonyl (C=O) groups is 1. The minimum Gasteiger partial charge on any atom is -0.481 e. The summed E-state index contributed by atoms with van der Waals surface area (Å²) >= 11 is 0. The first-order valence-electron chi connectivity index (χ1n) is 8.29. The maximum Gasteiger partial charge on any atom is 0.307 e. The molecule has 0 fully saturated rings. The third kappa shape index (κ3) is 4.23. The second kappa shape index (κ2) is 7.98. The summed E-state index contributed by atoms with van der Waals surface area (Å²) in [5.41, 5.74) is 2.12. The Hall–Kier alpha value is -2.57. The van der Waals surface area contributed by atoms with Gasteiger partial charge in [-0.05, 0) is 51.7 Å². The standard InChI is InChI=1S/C21H19FO4S/c1-26-21(14-4-7-17(8-5-14)27(2)25)19-10-13(11-20(23)24)9-15-3-6-16(22)12-18(15)19/h3-10,12,21H,11H2,1-2H3,(H,23,24). The molecule has 0 heterocycles. The van der Waals surface area contributed by atoms with Crippen molar-refractivity contribution in [3.8, 4) is 0 Å². The molecular formula is C21H19FO4S. The normalized spacial score (nSPS) is 13.4. The predicted molar refractivity (Wildman–Crippen MR) is 103 cm³/mol. The summed E-state index contributed by atoms with van der Waals surface area (Å²) in [7, 11) is 0.459. The summed E-state index contributed by atoms with van der Waals surface area (Å²) < 4.78 is 31.2. The van der Waals surface area contributed by atoms with Crippen molar-refractivity contribution >= 4 is 27.5 Å². The first-order valence-corrected chi connectivity index (χ1v) is 9.85. The molecular weight excluding hydrogens is 367 g/mol. The number of carboxylic acid groups (broad SMARTS) is 1. The molecule has 6 heteroatoms. The van der Waals surface area contributed by atoms with Crippen LogP contribution in [0.1, 0.15) is 22.8 Å². The predicted octanol–water partition coefficient (Wildman–Crippen LogP) is 4.08. The summed E-state index contributed by atoms with van der Waals surface area (Å²) in [6, 6.07) is 15.1. The minimum absolute atomic E-state index is 0.134. The molecule has 2 atom stereocenters. The summed E-state index contributed by atoms with van der Waals surface area (Å²) in [5.74, 6) is -1.31. The molecule has 0 amide bonds. The molecule has 1 N–H and O–H groups in total. The van der Waals surface area contributed by atoms with Crippen molar-refractivity contribution < 1.29 is 23.2 Å². The van der Waals surface area contributed by atoms with Crippen molar-refractivity contribution in [2.24, 2.45) is 0 Å². The van der Waals surface area contributed by atoms with Crippen molar-refractivity contribution in [3.05, 3.63) is 77.1 Å². The molecule has 0 saturated carbocycles. The van der Waals surface area contributed by atoms with Crippen molar-refractivity contribution in [1.82, 2.24) is 0 Å². The van der Waals surface area contributed by atoms with Crippen LogP contribution in [0.3, 0.4) is 0 Å². The third-order valence-corrected chi connectivity index (χ3v) is 5.33. The van der Waals surface area contributed by atoms with Gasteiger partial charge in [-0.1, -0.05) is 30.3 Å². The van der Waals surface area contributed by atoms with Crippen LogP contribution in [0.4, 0.5) is 4.39 Å². The number of carboxylic acids is 1. The molecule has 0 bridgehead atoms. The Morgan fingerprint density at radius 3 is 2.44 bits per heavy atom. The zero-order valence-corrected chi connectivity index (χ0v) is 15.8. The lowest BCUT2D eigenvalue weighted by Crippen LogP contribution is -2.07. The fraction of sp³-hybridized carbons (Fsp3) is 0.190. The summed E-state index contributed by atoms with van der Waals surface area (Å²) in [4.78, 5) is 11.9. The van der Waals surface area contributed by atoms with E-state index < -0.39 is 22.9 Å². The van der Waals surface area contributed by atoms with Crippen LogP contribution in [0.2, 0.25) is 0 Å². The number of ether oxygens (including phenoxy) is 1. The molecule has 0 spiro atoms. The van der Waals surface area contributed by atoms with Crippen molar-refractivity contribution in [3.63, 3.8) is 0 Å². The van der Waals surface area contributed by atoms with Gasteiger partial charge in [-0.2, -0.15) is 0 Å². The number of halogens is 1. The van der Waals surface area contributed by atoms with Gasteiger partial charge < -0.3 is 9.84 Å². The lowest BCUT2D eigenvalue weighted by Gasteiger charge is -2.20. The number of hydrogen-bond acceptors (Lipinski definition) is 3. The number of methoxy groups -OCH3 is 1. The molecule has 0 aliphatic rings. The van der Waals surface area contributed by atoms with Crippen LogP contribution in [0.25, 0.3) is 10.8 Å². The van der Waals surface area contributed by atoms with E-state index in [0.717, 1.165) is 10.9 Å². The summed E-state index contributed by atoms with van der Waals surface area (Å²) in [6.07, 6.45) is 0.960. The van der Waals surface area contributed by atoms with E-state index in [2.05, 4.69) is 0 Å². The van der Waals surface area contributed by atoms with Gasteiger partial charge in [0.2, 0.25) is 0 Å². The number of aliphatic carboxylic acids is 1. The van der Waals surface area contributed by atoms with E-state index in [0.29, 0.717) is 21.4 Å². The monoisotopic (exact) mass is 386 g/mol. The summed E-state index contributed by atoms with van der Waals surface area (Å²) in [5, 5.41) is 10.6. The van der Waals surface area contributed by atoms with Crippen LogP contribution in [0, 0.1) is 5.82 Å². The Kier molecular flexibility index (Phi) is 5.68. The molecule has 3 aromatic carbocycles. The molecule has 140 valence electrons.